The molecule has 1 aromatic rings. The molecule has 1 aliphatic heterocycles. The van der Waals surface area contributed by atoms with Crippen molar-refractivity contribution in [2.24, 2.45) is 11.7 Å². The van der Waals surface area contributed by atoms with E-state index in [2.05, 4.69) is 4.98 Å². The first-order valence-electron chi connectivity index (χ1n) is 5.73. The van der Waals surface area contributed by atoms with Gasteiger partial charge in [0, 0.05) is 18.5 Å². The fourth-order valence-corrected chi connectivity index (χ4v) is 2.85. The summed E-state index contributed by atoms with van der Waals surface area (Å²) in [5.74, 6) is -1.30. The van der Waals surface area contributed by atoms with Gasteiger partial charge in [0.05, 0.1) is 0 Å². The van der Waals surface area contributed by atoms with E-state index in [0.717, 1.165) is 0 Å². The van der Waals surface area contributed by atoms with Gasteiger partial charge in [-0.25, -0.2) is 9.78 Å². The van der Waals surface area contributed by atoms with Crippen LogP contribution in [0.2, 0.25) is 0 Å². The Balaban J connectivity index is 2.20. The summed E-state index contributed by atoms with van der Waals surface area (Å²) >= 11 is 1.32. The number of aliphatic carboxylic acids is 1. The van der Waals surface area contributed by atoms with E-state index in [1.165, 1.54) is 16.2 Å². The van der Waals surface area contributed by atoms with Crippen LogP contribution in [0, 0.1) is 5.92 Å². The van der Waals surface area contributed by atoms with Gasteiger partial charge in [-0.1, -0.05) is 6.92 Å². The first kappa shape index (κ1) is 13.0. The largest absolute Gasteiger partial charge is 0.480 e. The van der Waals surface area contributed by atoms with Crippen molar-refractivity contribution in [3.05, 3.63) is 16.1 Å². The minimum absolute atomic E-state index is 0.0286. The van der Waals surface area contributed by atoms with Crippen molar-refractivity contribution in [3.8, 4) is 0 Å². The smallest absolute Gasteiger partial charge is 0.326 e. The molecular weight excluding hydrogens is 254 g/mol. The molecule has 0 bridgehead atoms. The number of amides is 1. The molecule has 0 aliphatic carbocycles. The lowest BCUT2D eigenvalue weighted by Gasteiger charge is -2.22. The van der Waals surface area contributed by atoms with Crippen molar-refractivity contribution >= 4 is 23.2 Å². The molecule has 6 nitrogen and oxygen atoms in total. The molecule has 2 atom stereocenters. The third-order valence-electron chi connectivity index (χ3n) is 3.16. The zero-order valence-electron chi connectivity index (χ0n) is 10.00. The zero-order valence-corrected chi connectivity index (χ0v) is 10.8. The topological polar surface area (TPSA) is 96.5 Å². The summed E-state index contributed by atoms with van der Waals surface area (Å²) < 4.78 is 0. The number of carbonyl (C=O) groups is 2. The number of hydrogen-bond acceptors (Lipinski definition) is 5. The molecule has 0 saturated carbocycles. The normalized spacial score (nSPS) is 23.3. The Hall–Kier alpha value is -1.47. The predicted octanol–water partition coefficient (Wildman–Crippen LogP) is 0.537. The third-order valence-corrected chi connectivity index (χ3v) is 4.03. The van der Waals surface area contributed by atoms with Crippen LogP contribution in [0.15, 0.2) is 5.38 Å². The molecular formula is C11H15N3O3S. The van der Waals surface area contributed by atoms with Gasteiger partial charge in [0.15, 0.2) is 0 Å². The molecule has 0 spiro atoms. The maximum absolute atomic E-state index is 12.2. The van der Waals surface area contributed by atoms with Gasteiger partial charge in [-0.2, -0.15) is 0 Å². The fraction of sp³-hybridized carbons (Fsp3) is 0.545. The highest BCUT2D eigenvalue weighted by molar-refractivity contribution is 7.09. The van der Waals surface area contributed by atoms with E-state index in [1.807, 2.05) is 6.92 Å². The number of rotatable bonds is 3. The Morgan fingerprint density at radius 1 is 1.67 bits per heavy atom. The van der Waals surface area contributed by atoms with Crippen molar-refractivity contribution in [2.75, 3.05) is 6.54 Å². The third kappa shape index (κ3) is 2.23. The number of likely N-dealkylation sites (tertiary alicyclic amines) is 1. The van der Waals surface area contributed by atoms with Crippen molar-refractivity contribution in [3.63, 3.8) is 0 Å². The molecule has 18 heavy (non-hydrogen) atoms. The molecule has 98 valence electrons. The number of nitrogens with zero attached hydrogens (tertiary/aromatic N) is 2. The second-order valence-corrected chi connectivity index (χ2v) is 5.32. The number of thiazole rings is 1. The highest BCUT2D eigenvalue weighted by Gasteiger charge is 2.40. The van der Waals surface area contributed by atoms with Gasteiger partial charge in [-0.3, -0.25) is 4.79 Å². The van der Waals surface area contributed by atoms with Crippen LogP contribution in [0.1, 0.15) is 28.8 Å². The summed E-state index contributed by atoms with van der Waals surface area (Å²) in [6.45, 7) is 2.60. The number of aromatic nitrogens is 1. The van der Waals surface area contributed by atoms with Gasteiger partial charge in [0.1, 0.15) is 16.7 Å². The van der Waals surface area contributed by atoms with E-state index in [-0.39, 0.29) is 18.4 Å². The van der Waals surface area contributed by atoms with E-state index >= 15 is 0 Å². The number of carboxylic acid groups (broad SMARTS) is 1. The molecule has 1 amide bonds. The molecule has 2 heterocycles. The molecule has 0 radical (unpaired) electrons. The van der Waals surface area contributed by atoms with Crippen LogP contribution in [0.3, 0.4) is 0 Å². The summed E-state index contributed by atoms with van der Waals surface area (Å²) in [4.78, 5) is 28.9. The lowest BCUT2D eigenvalue weighted by Crippen LogP contribution is -2.42. The molecule has 3 N–H and O–H groups in total. The second kappa shape index (κ2) is 5.03. The number of nitrogens with two attached hydrogens (primary N) is 1. The predicted molar refractivity (Wildman–Crippen MR) is 66.2 cm³/mol. The van der Waals surface area contributed by atoms with E-state index in [4.69, 9.17) is 10.8 Å². The minimum Gasteiger partial charge on any atom is -0.480 e. The van der Waals surface area contributed by atoms with Gasteiger partial charge < -0.3 is 15.7 Å². The van der Waals surface area contributed by atoms with Gasteiger partial charge in [-0.05, 0) is 12.3 Å². The van der Waals surface area contributed by atoms with E-state index < -0.39 is 12.0 Å². The molecule has 0 aromatic carbocycles. The van der Waals surface area contributed by atoms with Gasteiger partial charge >= 0.3 is 5.97 Å². The zero-order chi connectivity index (χ0) is 13.3. The summed E-state index contributed by atoms with van der Waals surface area (Å²) in [6.07, 6.45) is 0.705. The number of hydrogen-bond donors (Lipinski definition) is 2. The summed E-state index contributed by atoms with van der Waals surface area (Å²) in [5, 5.41) is 11.5. The molecule has 2 rings (SSSR count). The van der Waals surface area contributed by atoms with Gasteiger partial charge in [0.25, 0.3) is 5.91 Å². The van der Waals surface area contributed by atoms with Gasteiger partial charge in [-0.15, -0.1) is 11.3 Å². The Morgan fingerprint density at radius 3 is 2.94 bits per heavy atom. The van der Waals surface area contributed by atoms with E-state index in [0.29, 0.717) is 23.7 Å². The molecule has 7 heteroatoms. The molecule has 1 aliphatic rings. The summed E-state index contributed by atoms with van der Waals surface area (Å²) in [5.41, 5.74) is 5.74. The second-order valence-electron chi connectivity index (χ2n) is 4.38. The first-order valence-corrected chi connectivity index (χ1v) is 6.60. The maximum atomic E-state index is 12.2. The lowest BCUT2D eigenvalue weighted by atomic mass is 10.0. The van der Waals surface area contributed by atoms with E-state index in [1.54, 1.807) is 5.38 Å². The maximum Gasteiger partial charge on any atom is 0.326 e. The number of carboxylic acids is 1. The average Bonchev–Trinajstić information content (AvgIpc) is 2.93. The van der Waals surface area contributed by atoms with Crippen LogP contribution in [0.5, 0.6) is 0 Å². The Labute approximate surface area is 108 Å². The highest BCUT2D eigenvalue weighted by atomic mass is 32.1. The first-order chi connectivity index (χ1) is 8.54. The van der Waals surface area contributed by atoms with Crippen molar-refractivity contribution < 1.29 is 14.7 Å². The van der Waals surface area contributed by atoms with Crippen LogP contribution in [0.4, 0.5) is 0 Å². The Kier molecular flexibility index (Phi) is 3.63. The van der Waals surface area contributed by atoms with Crippen LogP contribution in [-0.2, 0) is 11.3 Å². The monoisotopic (exact) mass is 269 g/mol. The van der Waals surface area contributed by atoms with Crippen LogP contribution < -0.4 is 5.73 Å². The lowest BCUT2D eigenvalue weighted by molar-refractivity contribution is -0.142. The molecule has 2 unspecified atom stereocenters. The standard InChI is InChI=1S/C11H15N3O3S/c1-6-2-3-14(9(6)11(16)17)10(15)7-5-18-8(4-12)13-7/h5-6,9H,2-4,12H2,1H3,(H,16,17). The van der Waals surface area contributed by atoms with Crippen LogP contribution in [0.25, 0.3) is 0 Å². The van der Waals surface area contributed by atoms with Crippen molar-refractivity contribution in [1.82, 2.24) is 9.88 Å². The van der Waals surface area contributed by atoms with Crippen molar-refractivity contribution in [1.29, 1.82) is 0 Å². The molecule has 1 fully saturated rings. The minimum atomic E-state index is -0.956. The van der Waals surface area contributed by atoms with Crippen molar-refractivity contribution in [2.45, 2.75) is 25.9 Å². The average molecular weight is 269 g/mol. The van der Waals surface area contributed by atoms with Crippen LogP contribution in [-0.4, -0.2) is 39.5 Å². The SMILES string of the molecule is CC1CCN(C(=O)c2csc(CN)n2)C1C(=O)O. The Bertz CT molecular complexity index is 474. The summed E-state index contributed by atoms with van der Waals surface area (Å²) in [7, 11) is 0. The highest BCUT2D eigenvalue weighted by Crippen LogP contribution is 2.26. The van der Waals surface area contributed by atoms with Crippen LogP contribution >= 0.6 is 11.3 Å². The van der Waals surface area contributed by atoms with E-state index in [9.17, 15) is 9.59 Å². The molecule has 1 aromatic heterocycles. The summed E-state index contributed by atoms with van der Waals surface area (Å²) in [6, 6.07) is -0.750. The van der Waals surface area contributed by atoms with Gasteiger partial charge in [0.2, 0.25) is 0 Å². The quantitative estimate of drug-likeness (QED) is 0.834. The Morgan fingerprint density at radius 2 is 2.39 bits per heavy atom. The number of carbonyl (C=O) groups excluding carboxylic acids is 1. The molecule has 1 saturated heterocycles. The fourth-order valence-electron chi connectivity index (χ4n) is 2.20.